The molecule has 1 aliphatic heterocycles. The van der Waals surface area contributed by atoms with E-state index in [0.717, 1.165) is 19.1 Å². The molecular formula is C21H26N2O4S. The smallest absolute Gasteiger partial charge is 0.251 e. The number of nitrogens with one attached hydrogen (secondary N) is 1. The molecule has 1 heterocycles. The average molecular weight is 403 g/mol. The van der Waals surface area contributed by atoms with Gasteiger partial charge in [0.15, 0.2) is 0 Å². The van der Waals surface area contributed by atoms with Gasteiger partial charge in [0.1, 0.15) is 0 Å². The molecule has 7 heteroatoms. The Morgan fingerprint density at radius 3 is 2.25 bits per heavy atom. The van der Waals surface area contributed by atoms with Crippen molar-refractivity contribution >= 4 is 21.6 Å². The van der Waals surface area contributed by atoms with Crippen LogP contribution in [0.2, 0.25) is 0 Å². The van der Waals surface area contributed by atoms with Crippen molar-refractivity contribution in [3.8, 4) is 0 Å². The van der Waals surface area contributed by atoms with Crippen LogP contribution in [0, 0.1) is 0 Å². The topological polar surface area (TPSA) is 75.7 Å². The number of hydrogen-bond acceptors (Lipinski definition) is 4. The van der Waals surface area contributed by atoms with Crippen LogP contribution >= 0.6 is 0 Å². The molecule has 0 aliphatic carbocycles. The standard InChI is InChI=1S/C21H26N2O4S/c1-23(28(2,25)26)19-10-8-17(9-11-19)20(24)22-16-21(12-14-27-15-13-21)18-6-4-3-5-7-18/h3-11H,12-16H2,1-2H3,(H,22,24). The lowest BCUT2D eigenvalue weighted by atomic mass is 9.74. The lowest BCUT2D eigenvalue weighted by molar-refractivity contribution is 0.0487. The molecule has 1 fully saturated rings. The van der Waals surface area contributed by atoms with E-state index in [2.05, 4.69) is 17.4 Å². The monoisotopic (exact) mass is 402 g/mol. The minimum Gasteiger partial charge on any atom is -0.381 e. The summed E-state index contributed by atoms with van der Waals surface area (Å²) in [6.07, 6.45) is 2.86. The third-order valence-electron chi connectivity index (χ3n) is 5.41. The fourth-order valence-corrected chi connectivity index (χ4v) is 3.99. The summed E-state index contributed by atoms with van der Waals surface area (Å²) < 4.78 is 30.0. The first-order valence-corrected chi connectivity index (χ1v) is 11.1. The van der Waals surface area contributed by atoms with Crippen LogP contribution in [0.15, 0.2) is 54.6 Å². The summed E-state index contributed by atoms with van der Waals surface area (Å²) >= 11 is 0. The molecule has 0 bridgehead atoms. The SMILES string of the molecule is CN(c1ccc(C(=O)NCC2(c3ccccc3)CCOCC2)cc1)S(C)(=O)=O. The summed E-state index contributed by atoms with van der Waals surface area (Å²) in [4.78, 5) is 12.7. The average Bonchev–Trinajstić information content (AvgIpc) is 2.72. The van der Waals surface area contributed by atoms with E-state index in [9.17, 15) is 13.2 Å². The summed E-state index contributed by atoms with van der Waals surface area (Å²) in [5.74, 6) is -0.171. The lowest BCUT2D eigenvalue weighted by Gasteiger charge is -2.38. The zero-order valence-electron chi connectivity index (χ0n) is 16.2. The highest BCUT2D eigenvalue weighted by Crippen LogP contribution is 2.34. The number of sulfonamides is 1. The maximum absolute atomic E-state index is 12.7. The number of carbonyl (C=O) groups is 1. The Morgan fingerprint density at radius 1 is 1.07 bits per heavy atom. The second kappa shape index (κ2) is 8.32. The Morgan fingerprint density at radius 2 is 1.68 bits per heavy atom. The van der Waals surface area contributed by atoms with Gasteiger partial charge in [-0.1, -0.05) is 30.3 Å². The van der Waals surface area contributed by atoms with Gasteiger partial charge < -0.3 is 10.1 Å². The number of ether oxygens (including phenoxy) is 1. The molecule has 3 rings (SSSR count). The van der Waals surface area contributed by atoms with Gasteiger partial charge in [-0.2, -0.15) is 0 Å². The summed E-state index contributed by atoms with van der Waals surface area (Å²) in [6, 6.07) is 16.8. The van der Waals surface area contributed by atoms with Crippen molar-refractivity contribution in [3.05, 3.63) is 65.7 Å². The molecule has 28 heavy (non-hydrogen) atoms. The van der Waals surface area contributed by atoms with Crippen LogP contribution in [0.3, 0.4) is 0 Å². The maximum Gasteiger partial charge on any atom is 0.251 e. The number of anilines is 1. The highest BCUT2D eigenvalue weighted by atomic mass is 32.2. The maximum atomic E-state index is 12.7. The lowest BCUT2D eigenvalue weighted by Crippen LogP contribution is -2.44. The van der Waals surface area contributed by atoms with E-state index < -0.39 is 10.0 Å². The Balaban J connectivity index is 1.71. The van der Waals surface area contributed by atoms with Gasteiger partial charge in [-0.05, 0) is 42.7 Å². The molecule has 0 aromatic heterocycles. The van der Waals surface area contributed by atoms with Gasteiger partial charge in [0, 0.05) is 37.8 Å². The fourth-order valence-electron chi connectivity index (χ4n) is 3.49. The number of carbonyl (C=O) groups excluding carboxylic acids is 1. The van der Waals surface area contributed by atoms with Crippen LogP contribution in [0.5, 0.6) is 0 Å². The minimum absolute atomic E-state index is 0.133. The fraction of sp³-hybridized carbons (Fsp3) is 0.381. The van der Waals surface area contributed by atoms with Crippen molar-refractivity contribution in [2.75, 3.05) is 37.4 Å². The molecular weight excluding hydrogens is 376 g/mol. The number of benzene rings is 2. The van der Waals surface area contributed by atoms with E-state index in [4.69, 9.17) is 4.74 Å². The summed E-state index contributed by atoms with van der Waals surface area (Å²) in [5, 5.41) is 3.06. The molecule has 1 amide bonds. The second-order valence-corrected chi connectivity index (χ2v) is 9.23. The third-order valence-corrected chi connectivity index (χ3v) is 6.62. The molecule has 0 unspecified atom stereocenters. The normalized spacial score (nSPS) is 16.4. The first kappa shape index (κ1) is 20.4. The number of hydrogen-bond donors (Lipinski definition) is 1. The van der Waals surface area contributed by atoms with Crippen molar-refractivity contribution in [1.29, 1.82) is 0 Å². The van der Waals surface area contributed by atoms with Crippen molar-refractivity contribution < 1.29 is 17.9 Å². The molecule has 6 nitrogen and oxygen atoms in total. The summed E-state index contributed by atoms with van der Waals surface area (Å²) in [5.41, 5.74) is 2.10. The molecule has 1 N–H and O–H groups in total. The van der Waals surface area contributed by atoms with Gasteiger partial charge in [0.2, 0.25) is 10.0 Å². The van der Waals surface area contributed by atoms with Crippen LogP contribution in [0.1, 0.15) is 28.8 Å². The molecule has 150 valence electrons. The van der Waals surface area contributed by atoms with Gasteiger partial charge in [0.05, 0.1) is 11.9 Å². The zero-order valence-corrected chi connectivity index (χ0v) is 17.0. The molecule has 2 aromatic carbocycles. The first-order chi connectivity index (χ1) is 13.3. The second-order valence-electron chi connectivity index (χ2n) is 7.22. The van der Waals surface area contributed by atoms with E-state index in [0.29, 0.717) is 31.0 Å². The Labute approximate surface area is 166 Å². The predicted octanol–water partition coefficient (Wildman–Crippen LogP) is 2.56. The van der Waals surface area contributed by atoms with E-state index in [1.807, 2.05) is 18.2 Å². The van der Waals surface area contributed by atoms with Gasteiger partial charge in [-0.15, -0.1) is 0 Å². The van der Waals surface area contributed by atoms with E-state index in [-0.39, 0.29) is 11.3 Å². The van der Waals surface area contributed by atoms with Crippen LogP contribution in [-0.2, 0) is 20.2 Å². The van der Waals surface area contributed by atoms with Gasteiger partial charge in [-0.3, -0.25) is 9.10 Å². The first-order valence-electron chi connectivity index (χ1n) is 9.27. The molecule has 0 radical (unpaired) electrons. The quantitative estimate of drug-likeness (QED) is 0.806. The number of nitrogens with zero attached hydrogens (tertiary/aromatic N) is 1. The molecule has 0 atom stereocenters. The van der Waals surface area contributed by atoms with Crippen LogP contribution in [0.4, 0.5) is 5.69 Å². The zero-order chi connectivity index (χ0) is 20.2. The van der Waals surface area contributed by atoms with Gasteiger partial charge >= 0.3 is 0 Å². The Kier molecular flexibility index (Phi) is 6.05. The summed E-state index contributed by atoms with van der Waals surface area (Å²) in [7, 11) is -1.85. The molecule has 2 aromatic rings. The molecule has 0 spiro atoms. The van der Waals surface area contributed by atoms with E-state index in [1.54, 1.807) is 24.3 Å². The molecule has 1 saturated heterocycles. The van der Waals surface area contributed by atoms with Crippen LogP contribution < -0.4 is 9.62 Å². The third kappa shape index (κ3) is 4.54. The Hall–Kier alpha value is -2.38. The van der Waals surface area contributed by atoms with Crippen molar-refractivity contribution in [2.45, 2.75) is 18.3 Å². The van der Waals surface area contributed by atoms with Crippen molar-refractivity contribution in [2.24, 2.45) is 0 Å². The van der Waals surface area contributed by atoms with Gasteiger partial charge in [0.25, 0.3) is 5.91 Å². The number of rotatable bonds is 6. The highest BCUT2D eigenvalue weighted by Gasteiger charge is 2.34. The summed E-state index contributed by atoms with van der Waals surface area (Å²) in [6.45, 7) is 1.89. The minimum atomic E-state index is -3.33. The molecule has 0 saturated carbocycles. The molecule has 1 aliphatic rings. The van der Waals surface area contributed by atoms with Crippen LogP contribution in [-0.4, -0.2) is 47.4 Å². The Bertz CT molecular complexity index is 905. The predicted molar refractivity (Wildman–Crippen MR) is 110 cm³/mol. The van der Waals surface area contributed by atoms with Gasteiger partial charge in [-0.25, -0.2) is 8.42 Å². The largest absolute Gasteiger partial charge is 0.381 e. The van der Waals surface area contributed by atoms with Crippen molar-refractivity contribution in [3.63, 3.8) is 0 Å². The number of amides is 1. The highest BCUT2D eigenvalue weighted by molar-refractivity contribution is 7.92. The van der Waals surface area contributed by atoms with E-state index in [1.165, 1.54) is 16.9 Å². The van der Waals surface area contributed by atoms with Crippen LogP contribution in [0.25, 0.3) is 0 Å². The van der Waals surface area contributed by atoms with E-state index >= 15 is 0 Å². The van der Waals surface area contributed by atoms with Crippen molar-refractivity contribution in [1.82, 2.24) is 5.32 Å².